The first-order chi connectivity index (χ1) is 8.38. The molecule has 0 bridgehead atoms. The molecule has 2 heterocycles. The van der Waals surface area contributed by atoms with E-state index in [9.17, 15) is 0 Å². The monoisotopic (exact) mass is 268 g/mol. The number of rotatable bonds is 7. The van der Waals surface area contributed by atoms with Crippen LogP contribution in [0.1, 0.15) is 15.7 Å². The van der Waals surface area contributed by atoms with Crippen LogP contribution in [0.25, 0.3) is 0 Å². The van der Waals surface area contributed by atoms with Crippen LogP contribution < -0.4 is 11.1 Å². The Bertz CT molecular complexity index is 424. The quantitative estimate of drug-likeness (QED) is 0.746. The molecule has 6 heteroatoms. The van der Waals surface area contributed by atoms with Crippen molar-refractivity contribution in [1.29, 1.82) is 0 Å². The molecule has 17 heavy (non-hydrogen) atoms. The van der Waals surface area contributed by atoms with Crippen LogP contribution in [-0.2, 0) is 19.4 Å². The second-order valence-electron chi connectivity index (χ2n) is 3.62. The van der Waals surface area contributed by atoms with Gasteiger partial charge < -0.3 is 11.1 Å². The molecule has 0 radical (unpaired) electrons. The Morgan fingerprint density at radius 1 is 1.24 bits per heavy atom. The van der Waals surface area contributed by atoms with Crippen LogP contribution >= 0.6 is 22.7 Å². The van der Waals surface area contributed by atoms with Gasteiger partial charge in [0, 0.05) is 42.9 Å². The van der Waals surface area contributed by atoms with Gasteiger partial charge in [-0.3, -0.25) is 0 Å². The Hall–Kier alpha value is -0.820. The summed E-state index contributed by atoms with van der Waals surface area (Å²) >= 11 is 3.39. The van der Waals surface area contributed by atoms with Gasteiger partial charge in [0.25, 0.3) is 0 Å². The molecule has 0 amide bonds. The molecule has 0 spiro atoms. The number of nitrogens with two attached hydrogens (primary N) is 1. The third-order valence-electron chi connectivity index (χ3n) is 2.26. The average molecular weight is 268 g/mol. The highest BCUT2D eigenvalue weighted by atomic mass is 32.1. The zero-order chi connectivity index (χ0) is 11.9. The van der Waals surface area contributed by atoms with Crippen molar-refractivity contribution in [2.45, 2.75) is 19.4 Å². The normalized spacial score (nSPS) is 10.9. The summed E-state index contributed by atoms with van der Waals surface area (Å²) < 4.78 is 0. The van der Waals surface area contributed by atoms with Gasteiger partial charge in [-0.25, -0.2) is 9.97 Å². The maximum absolute atomic E-state index is 5.49. The Morgan fingerprint density at radius 2 is 2.18 bits per heavy atom. The lowest BCUT2D eigenvalue weighted by atomic mass is 10.4. The standard InChI is InChI=1S/C11H16N4S2/c12-3-1-11-15-9(8-17-11)7-13-4-2-10-14-5-6-16-10/h5-6,8,13H,1-4,7,12H2. The van der Waals surface area contributed by atoms with Crippen LogP contribution in [0, 0.1) is 0 Å². The number of nitrogens with zero attached hydrogens (tertiary/aromatic N) is 2. The Kier molecular flexibility index (Phi) is 5.06. The molecule has 0 atom stereocenters. The summed E-state index contributed by atoms with van der Waals surface area (Å²) in [6, 6.07) is 0. The summed E-state index contributed by atoms with van der Waals surface area (Å²) in [5.74, 6) is 0. The highest BCUT2D eigenvalue weighted by Gasteiger charge is 2.01. The van der Waals surface area contributed by atoms with Crippen LogP contribution in [0.3, 0.4) is 0 Å². The van der Waals surface area contributed by atoms with E-state index >= 15 is 0 Å². The largest absolute Gasteiger partial charge is 0.330 e. The molecule has 4 nitrogen and oxygen atoms in total. The van der Waals surface area contributed by atoms with E-state index in [1.165, 1.54) is 5.01 Å². The number of thiazole rings is 2. The predicted octanol–water partition coefficient (Wildman–Crippen LogP) is 1.43. The molecular weight excluding hydrogens is 252 g/mol. The second-order valence-corrected chi connectivity index (χ2v) is 5.55. The maximum atomic E-state index is 5.49. The molecule has 2 aromatic rings. The first-order valence-corrected chi connectivity index (χ1v) is 7.37. The van der Waals surface area contributed by atoms with Gasteiger partial charge >= 0.3 is 0 Å². The minimum atomic E-state index is 0.671. The first-order valence-electron chi connectivity index (χ1n) is 5.61. The van der Waals surface area contributed by atoms with Crippen molar-refractivity contribution >= 4 is 22.7 Å². The predicted molar refractivity (Wildman–Crippen MR) is 72.4 cm³/mol. The second kappa shape index (κ2) is 6.80. The van der Waals surface area contributed by atoms with Crippen LogP contribution in [0.5, 0.6) is 0 Å². The van der Waals surface area contributed by atoms with Crippen molar-refractivity contribution in [1.82, 2.24) is 15.3 Å². The van der Waals surface area contributed by atoms with E-state index in [4.69, 9.17) is 5.73 Å². The molecule has 0 aliphatic rings. The molecule has 2 aromatic heterocycles. The van der Waals surface area contributed by atoms with Crippen molar-refractivity contribution < 1.29 is 0 Å². The average Bonchev–Trinajstić information content (AvgIpc) is 2.96. The van der Waals surface area contributed by atoms with E-state index in [0.29, 0.717) is 6.54 Å². The van der Waals surface area contributed by atoms with Crippen LogP contribution in [-0.4, -0.2) is 23.1 Å². The zero-order valence-corrected chi connectivity index (χ0v) is 11.2. The van der Waals surface area contributed by atoms with E-state index in [1.54, 1.807) is 22.7 Å². The Morgan fingerprint density at radius 3 is 2.94 bits per heavy atom. The molecule has 0 saturated carbocycles. The van der Waals surface area contributed by atoms with Crippen molar-refractivity contribution in [2.75, 3.05) is 13.1 Å². The maximum Gasteiger partial charge on any atom is 0.0941 e. The van der Waals surface area contributed by atoms with Crippen molar-refractivity contribution in [3.05, 3.63) is 32.7 Å². The van der Waals surface area contributed by atoms with Crippen molar-refractivity contribution in [3.63, 3.8) is 0 Å². The third-order valence-corrected chi connectivity index (χ3v) is 4.06. The first kappa shape index (κ1) is 12.6. The molecule has 0 aliphatic carbocycles. The highest BCUT2D eigenvalue weighted by Crippen LogP contribution is 2.09. The van der Waals surface area contributed by atoms with Crippen LogP contribution in [0.2, 0.25) is 0 Å². The topological polar surface area (TPSA) is 63.8 Å². The van der Waals surface area contributed by atoms with Gasteiger partial charge in [0.1, 0.15) is 0 Å². The molecule has 0 aromatic carbocycles. The van der Waals surface area contributed by atoms with E-state index in [1.807, 2.05) is 11.6 Å². The van der Waals surface area contributed by atoms with Crippen LogP contribution in [0.4, 0.5) is 0 Å². The SMILES string of the molecule is NCCc1nc(CNCCc2nccs2)cs1. The van der Waals surface area contributed by atoms with E-state index in [2.05, 4.69) is 20.7 Å². The number of nitrogens with one attached hydrogen (secondary N) is 1. The fourth-order valence-corrected chi connectivity index (χ4v) is 2.89. The highest BCUT2D eigenvalue weighted by molar-refractivity contribution is 7.09. The smallest absolute Gasteiger partial charge is 0.0941 e. The van der Waals surface area contributed by atoms with Gasteiger partial charge in [0.2, 0.25) is 0 Å². The summed E-state index contributed by atoms with van der Waals surface area (Å²) in [6.45, 7) is 2.44. The molecule has 0 saturated heterocycles. The van der Waals surface area contributed by atoms with Gasteiger partial charge in [-0.15, -0.1) is 22.7 Å². The lowest BCUT2D eigenvalue weighted by Gasteiger charge is -2.00. The number of hydrogen-bond acceptors (Lipinski definition) is 6. The van der Waals surface area contributed by atoms with Crippen LogP contribution in [0.15, 0.2) is 17.0 Å². The van der Waals surface area contributed by atoms with E-state index in [-0.39, 0.29) is 0 Å². The zero-order valence-electron chi connectivity index (χ0n) is 9.56. The lowest BCUT2D eigenvalue weighted by Crippen LogP contribution is -2.16. The Balaban J connectivity index is 1.67. The number of aromatic nitrogens is 2. The number of hydrogen-bond donors (Lipinski definition) is 2. The van der Waals surface area contributed by atoms with E-state index in [0.717, 1.165) is 36.6 Å². The van der Waals surface area contributed by atoms with Gasteiger partial charge in [-0.05, 0) is 6.54 Å². The van der Waals surface area contributed by atoms with Gasteiger partial charge in [-0.2, -0.15) is 0 Å². The van der Waals surface area contributed by atoms with Gasteiger partial charge in [0.05, 0.1) is 15.7 Å². The van der Waals surface area contributed by atoms with Gasteiger partial charge in [0.15, 0.2) is 0 Å². The minimum Gasteiger partial charge on any atom is -0.330 e. The molecule has 0 fully saturated rings. The summed E-state index contributed by atoms with van der Waals surface area (Å²) in [4.78, 5) is 8.74. The molecular formula is C11H16N4S2. The molecule has 92 valence electrons. The lowest BCUT2D eigenvalue weighted by molar-refractivity contribution is 0.674. The molecule has 0 aliphatic heterocycles. The van der Waals surface area contributed by atoms with E-state index < -0.39 is 0 Å². The summed E-state index contributed by atoms with van der Waals surface area (Å²) in [5, 5.41) is 9.79. The minimum absolute atomic E-state index is 0.671. The molecule has 2 rings (SSSR count). The van der Waals surface area contributed by atoms with Gasteiger partial charge in [-0.1, -0.05) is 0 Å². The fraction of sp³-hybridized carbons (Fsp3) is 0.455. The summed E-state index contributed by atoms with van der Waals surface area (Å²) in [5.41, 5.74) is 6.60. The third kappa shape index (κ3) is 4.16. The molecule has 3 N–H and O–H groups in total. The Labute approximate surface area is 109 Å². The summed E-state index contributed by atoms with van der Waals surface area (Å²) in [7, 11) is 0. The van der Waals surface area contributed by atoms with Crippen molar-refractivity contribution in [3.8, 4) is 0 Å². The molecule has 0 unspecified atom stereocenters. The van der Waals surface area contributed by atoms with Crippen molar-refractivity contribution in [2.24, 2.45) is 5.73 Å². The fourth-order valence-electron chi connectivity index (χ4n) is 1.46. The summed E-state index contributed by atoms with van der Waals surface area (Å²) in [6.07, 6.45) is 3.71.